The Morgan fingerprint density at radius 3 is 1.10 bits per heavy atom. The number of ether oxygens (including phenoxy) is 4. The first-order chi connectivity index (χ1) is 37.6. The summed E-state index contributed by atoms with van der Waals surface area (Å²) < 4.78 is 22.8. The maximum Gasteiger partial charge on any atom is 0.220 e. The van der Waals surface area contributed by atoms with Crippen molar-refractivity contribution >= 4 is 5.91 Å². The predicted molar refractivity (Wildman–Crippen MR) is 309 cm³/mol. The molecule has 77 heavy (non-hydrogen) atoms. The largest absolute Gasteiger partial charge is 0.394 e. The van der Waals surface area contributed by atoms with Gasteiger partial charge in [0.25, 0.3) is 0 Å². The molecular weight excluding hydrogens is 979 g/mol. The van der Waals surface area contributed by atoms with Crippen LogP contribution < -0.4 is 5.32 Å². The molecule has 12 unspecified atom stereocenters. The molecule has 2 rings (SSSR count). The molecule has 458 valence electrons. The molecule has 0 saturated carbocycles. The summed E-state index contributed by atoms with van der Waals surface area (Å²) in [6.07, 6.45) is 40.0. The quantitative estimate of drug-likeness (QED) is 0.0259. The van der Waals surface area contributed by atoms with Gasteiger partial charge in [-0.3, -0.25) is 4.79 Å². The lowest BCUT2D eigenvalue weighted by Gasteiger charge is -2.46. The fraction of sp³-hybridized carbons (Fsp3) is 0.984. The Hall–Kier alpha value is -1.01. The Balaban J connectivity index is 1.60. The predicted octanol–water partition coefficient (Wildman–Crippen LogP) is 12.1. The summed E-state index contributed by atoms with van der Waals surface area (Å²) in [5.41, 5.74) is 0. The van der Waals surface area contributed by atoms with E-state index in [1.54, 1.807) is 0 Å². The number of rotatable bonds is 54. The first kappa shape index (κ1) is 72.1. The summed E-state index contributed by atoms with van der Waals surface area (Å²) in [7, 11) is 0. The lowest BCUT2D eigenvalue weighted by atomic mass is 9.97. The number of aliphatic hydroxyl groups is 8. The van der Waals surface area contributed by atoms with Gasteiger partial charge in [-0.1, -0.05) is 284 Å². The molecule has 12 atom stereocenters. The van der Waals surface area contributed by atoms with Gasteiger partial charge in [-0.05, 0) is 12.8 Å². The van der Waals surface area contributed by atoms with Crippen LogP contribution in [-0.4, -0.2) is 140 Å². The maximum absolute atomic E-state index is 13.2. The van der Waals surface area contributed by atoms with E-state index < -0.39 is 86.8 Å². The summed E-state index contributed by atoms with van der Waals surface area (Å²) in [6.45, 7) is 2.89. The number of amides is 1. The number of carbonyl (C=O) groups excluding carboxylic acids is 1. The molecule has 0 spiro atoms. The van der Waals surface area contributed by atoms with Crippen LogP contribution in [0.2, 0.25) is 0 Å². The van der Waals surface area contributed by atoms with Crippen molar-refractivity contribution in [3.63, 3.8) is 0 Å². The molecule has 0 aliphatic carbocycles. The van der Waals surface area contributed by atoms with Gasteiger partial charge in [0.2, 0.25) is 5.91 Å². The van der Waals surface area contributed by atoms with Crippen LogP contribution in [0.1, 0.15) is 303 Å². The van der Waals surface area contributed by atoms with Crippen LogP contribution in [0.15, 0.2) is 0 Å². The van der Waals surface area contributed by atoms with Crippen LogP contribution >= 0.6 is 0 Å². The van der Waals surface area contributed by atoms with E-state index >= 15 is 0 Å². The minimum Gasteiger partial charge on any atom is -0.394 e. The van der Waals surface area contributed by atoms with Gasteiger partial charge in [0.1, 0.15) is 48.8 Å². The average Bonchev–Trinajstić information content (AvgIpc) is 3.43. The number of nitrogens with one attached hydrogen (secondary N) is 1. The van der Waals surface area contributed by atoms with E-state index in [1.807, 2.05) is 0 Å². The minimum atomic E-state index is -1.78. The third kappa shape index (κ3) is 34.9. The smallest absolute Gasteiger partial charge is 0.220 e. The van der Waals surface area contributed by atoms with E-state index in [4.69, 9.17) is 18.9 Å². The van der Waals surface area contributed by atoms with Gasteiger partial charge >= 0.3 is 0 Å². The first-order valence-corrected chi connectivity index (χ1v) is 32.8. The fourth-order valence-corrected chi connectivity index (χ4v) is 11.3. The average molecular weight is 1100 g/mol. The van der Waals surface area contributed by atoms with Gasteiger partial charge in [-0.25, -0.2) is 0 Å². The van der Waals surface area contributed by atoms with Crippen molar-refractivity contribution in [2.45, 2.75) is 376 Å². The molecule has 2 saturated heterocycles. The van der Waals surface area contributed by atoms with Gasteiger partial charge in [0.05, 0.1) is 32.0 Å². The van der Waals surface area contributed by atoms with Gasteiger partial charge in [0, 0.05) is 6.42 Å². The lowest BCUT2D eigenvalue weighted by molar-refractivity contribution is -0.359. The Kier molecular flexibility index (Phi) is 46.4. The zero-order valence-corrected chi connectivity index (χ0v) is 49.5. The molecule has 0 aromatic carbocycles. The van der Waals surface area contributed by atoms with Crippen LogP contribution in [0.5, 0.6) is 0 Å². The van der Waals surface area contributed by atoms with Crippen molar-refractivity contribution in [3.05, 3.63) is 0 Å². The Morgan fingerprint density at radius 2 is 0.740 bits per heavy atom. The highest BCUT2D eigenvalue weighted by Gasteiger charge is 2.51. The highest BCUT2D eigenvalue weighted by atomic mass is 16.7. The second-order valence-corrected chi connectivity index (χ2v) is 23.6. The summed E-state index contributed by atoms with van der Waals surface area (Å²) in [5, 5.41) is 87.2. The number of unbranched alkanes of at least 4 members (excludes halogenated alkanes) is 41. The van der Waals surface area contributed by atoms with E-state index in [1.165, 1.54) is 225 Å². The Morgan fingerprint density at radius 1 is 0.416 bits per heavy atom. The number of aliphatic hydroxyl groups excluding tert-OH is 8. The molecule has 2 aliphatic rings. The molecular formula is C63H123NO13. The third-order valence-corrected chi connectivity index (χ3v) is 16.6. The van der Waals surface area contributed by atoms with Crippen LogP contribution in [0.25, 0.3) is 0 Å². The molecule has 14 heteroatoms. The molecule has 0 bridgehead atoms. The van der Waals surface area contributed by atoms with E-state index in [-0.39, 0.29) is 12.5 Å². The monoisotopic (exact) mass is 1100 g/mol. The van der Waals surface area contributed by atoms with E-state index in [9.17, 15) is 45.6 Å². The molecule has 9 N–H and O–H groups in total. The second-order valence-electron chi connectivity index (χ2n) is 23.6. The molecule has 0 aromatic heterocycles. The van der Waals surface area contributed by atoms with Crippen molar-refractivity contribution < 1.29 is 64.6 Å². The standard InChI is InChI=1S/C63H123NO13/c1-3-5-7-9-11-13-15-16-17-18-19-20-21-22-23-24-25-26-27-28-29-30-31-32-33-34-35-37-38-40-42-44-46-52(67)51(64-55(68)47-45-43-41-39-36-14-12-10-8-6-4-2)50-74-62-60(73)58(71)61(54(49-66)76-62)77-63-59(72)57(70)56(69)53(48-65)75-63/h51-54,56-63,65-67,69-73H,3-50H2,1-2H3,(H,64,68). The van der Waals surface area contributed by atoms with E-state index in [0.29, 0.717) is 12.8 Å². The highest BCUT2D eigenvalue weighted by Crippen LogP contribution is 2.30. The molecule has 0 aromatic rings. The van der Waals surface area contributed by atoms with E-state index in [0.717, 1.165) is 51.4 Å². The molecule has 2 fully saturated rings. The van der Waals surface area contributed by atoms with E-state index in [2.05, 4.69) is 19.2 Å². The maximum atomic E-state index is 13.2. The second kappa shape index (κ2) is 49.6. The van der Waals surface area contributed by atoms with Crippen LogP contribution in [0.3, 0.4) is 0 Å². The van der Waals surface area contributed by atoms with Gasteiger partial charge in [-0.15, -0.1) is 0 Å². The molecule has 2 heterocycles. The molecule has 1 amide bonds. The highest BCUT2D eigenvalue weighted by molar-refractivity contribution is 5.76. The van der Waals surface area contributed by atoms with Crippen LogP contribution in [0.4, 0.5) is 0 Å². The molecule has 14 nitrogen and oxygen atoms in total. The zero-order chi connectivity index (χ0) is 56.0. The van der Waals surface area contributed by atoms with Crippen molar-refractivity contribution in [3.8, 4) is 0 Å². The SMILES string of the molecule is CCCCCCCCCCCCCCCCCCCCCCCCCCCCCCCCCCC(O)C(COC1OC(CO)C(OC2OC(CO)C(O)C(O)C2O)C(O)C1O)NC(=O)CCCCCCCCCCCCC. The first-order valence-electron chi connectivity index (χ1n) is 32.8. The Labute approximate surface area is 470 Å². The van der Waals surface area contributed by atoms with Gasteiger partial charge in [-0.2, -0.15) is 0 Å². The summed E-state index contributed by atoms with van der Waals surface area (Å²) >= 11 is 0. The molecule has 0 radical (unpaired) electrons. The lowest BCUT2D eigenvalue weighted by Crippen LogP contribution is -2.65. The van der Waals surface area contributed by atoms with Crippen molar-refractivity contribution in [2.24, 2.45) is 0 Å². The topological polar surface area (TPSA) is 228 Å². The van der Waals surface area contributed by atoms with Crippen molar-refractivity contribution in [1.82, 2.24) is 5.32 Å². The Bertz CT molecular complexity index is 1300. The zero-order valence-electron chi connectivity index (χ0n) is 49.5. The molecule has 2 aliphatic heterocycles. The van der Waals surface area contributed by atoms with Crippen molar-refractivity contribution in [1.29, 1.82) is 0 Å². The fourth-order valence-electron chi connectivity index (χ4n) is 11.3. The normalized spacial score (nSPS) is 24.6. The number of carbonyl (C=O) groups is 1. The summed E-state index contributed by atoms with van der Waals surface area (Å²) in [6, 6.07) is -0.822. The van der Waals surface area contributed by atoms with Gasteiger partial charge < -0.3 is 65.1 Å². The van der Waals surface area contributed by atoms with Gasteiger partial charge in [0.15, 0.2) is 12.6 Å². The third-order valence-electron chi connectivity index (χ3n) is 16.6. The minimum absolute atomic E-state index is 0.203. The number of hydrogen-bond acceptors (Lipinski definition) is 13. The van der Waals surface area contributed by atoms with Crippen LogP contribution in [-0.2, 0) is 23.7 Å². The van der Waals surface area contributed by atoms with Crippen molar-refractivity contribution in [2.75, 3.05) is 19.8 Å². The summed E-state index contributed by atoms with van der Waals surface area (Å²) in [4.78, 5) is 13.2. The number of hydrogen-bond donors (Lipinski definition) is 9. The summed E-state index contributed by atoms with van der Waals surface area (Å²) in [5.74, 6) is -0.203. The van der Waals surface area contributed by atoms with Crippen LogP contribution in [0, 0.1) is 0 Å².